The normalized spacial score (nSPS) is 11.8. The molecule has 0 fully saturated rings. The summed E-state index contributed by atoms with van der Waals surface area (Å²) in [5.41, 5.74) is 7.36. The van der Waals surface area contributed by atoms with Crippen LogP contribution in [0.3, 0.4) is 0 Å². The van der Waals surface area contributed by atoms with Gasteiger partial charge < -0.3 is 15.7 Å². The standard InChI is InChI=1S/C15H22N4O2S2/c1-4-7-22-23-14(5-6-20)11(2)19(10-21)9-13-8-17-12(3)18-15(13)16/h4,8,10,20H,1,5-7,9H2,2-3H3,(H2,16,17,18). The van der Waals surface area contributed by atoms with Crippen LogP contribution in [-0.2, 0) is 11.3 Å². The van der Waals surface area contributed by atoms with Crippen LogP contribution >= 0.6 is 21.6 Å². The Bertz CT molecular complexity index is 579. The number of aromatic nitrogens is 2. The molecule has 0 saturated carbocycles. The van der Waals surface area contributed by atoms with Gasteiger partial charge in [-0.05, 0) is 13.8 Å². The lowest BCUT2D eigenvalue weighted by molar-refractivity contribution is -0.116. The summed E-state index contributed by atoms with van der Waals surface area (Å²) in [5, 5.41) is 9.24. The maximum atomic E-state index is 11.5. The summed E-state index contributed by atoms with van der Waals surface area (Å²) in [6.45, 7) is 7.61. The highest BCUT2D eigenvalue weighted by atomic mass is 33.1. The largest absolute Gasteiger partial charge is 0.396 e. The number of carbonyl (C=O) groups excluding carboxylic acids is 1. The first-order chi connectivity index (χ1) is 11.0. The molecular weight excluding hydrogens is 332 g/mol. The average Bonchev–Trinajstić information content (AvgIpc) is 2.53. The molecular formula is C15H22N4O2S2. The molecule has 1 aromatic rings. The second-order valence-electron chi connectivity index (χ2n) is 4.70. The maximum absolute atomic E-state index is 11.5. The lowest BCUT2D eigenvalue weighted by Gasteiger charge is -2.22. The van der Waals surface area contributed by atoms with E-state index in [4.69, 9.17) is 5.73 Å². The van der Waals surface area contributed by atoms with Gasteiger partial charge in [0.1, 0.15) is 11.6 Å². The van der Waals surface area contributed by atoms with Gasteiger partial charge in [-0.3, -0.25) is 4.79 Å². The Morgan fingerprint density at radius 2 is 2.30 bits per heavy atom. The zero-order valence-corrected chi connectivity index (χ0v) is 15.0. The number of aryl methyl sites for hydroxylation is 1. The molecule has 0 atom stereocenters. The molecule has 23 heavy (non-hydrogen) atoms. The Balaban J connectivity index is 2.96. The van der Waals surface area contributed by atoms with Gasteiger partial charge in [0, 0.05) is 41.1 Å². The first kappa shape index (κ1) is 19.5. The molecule has 0 unspecified atom stereocenters. The van der Waals surface area contributed by atoms with Gasteiger partial charge in [-0.2, -0.15) is 0 Å². The minimum absolute atomic E-state index is 0.0246. The highest BCUT2D eigenvalue weighted by Crippen LogP contribution is 2.35. The number of nitrogens with zero attached hydrogens (tertiary/aromatic N) is 3. The number of hydrogen-bond acceptors (Lipinski definition) is 7. The van der Waals surface area contributed by atoms with Gasteiger partial charge in [0.2, 0.25) is 6.41 Å². The third-order valence-electron chi connectivity index (χ3n) is 3.01. The zero-order valence-electron chi connectivity index (χ0n) is 13.4. The Hall–Kier alpha value is -1.51. The van der Waals surface area contributed by atoms with E-state index in [9.17, 15) is 9.90 Å². The van der Waals surface area contributed by atoms with Crippen molar-refractivity contribution in [2.45, 2.75) is 26.8 Å². The number of nitrogen functional groups attached to an aromatic ring is 1. The number of anilines is 1. The Kier molecular flexibility index (Phi) is 8.75. The number of nitrogens with two attached hydrogens (primary N) is 1. The molecule has 1 heterocycles. The van der Waals surface area contributed by atoms with E-state index in [1.165, 1.54) is 0 Å². The van der Waals surface area contributed by atoms with Gasteiger partial charge >= 0.3 is 0 Å². The minimum atomic E-state index is 0.0246. The monoisotopic (exact) mass is 354 g/mol. The van der Waals surface area contributed by atoms with Crippen molar-refractivity contribution in [2.24, 2.45) is 0 Å². The van der Waals surface area contributed by atoms with Crippen molar-refractivity contribution in [1.82, 2.24) is 14.9 Å². The van der Waals surface area contributed by atoms with Crippen LogP contribution in [0.1, 0.15) is 24.7 Å². The highest BCUT2D eigenvalue weighted by Gasteiger charge is 2.14. The summed E-state index contributed by atoms with van der Waals surface area (Å²) >= 11 is 0. The van der Waals surface area contributed by atoms with E-state index in [2.05, 4.69) is 16.5 Å². The number of rotatable bonds is 10. The summed E-state index contributed by atoms with van der Waals surface area (Å²) in [7, 11) is 3.15. The van der Waals surface area contributed by atoms with Crippen molar-refractivity contribution in [3.63, 3.8) is 0 Å². The third-order valence-corrected chi connectivity index (χ3v) is 5.56. The molecule has 1 amide bonds. The molecule has 126 valence electrons. The van der Waals surface area contributed by atoms with Crippen LogP contribution in [0.15, 0.2) is 29.5 Å². The summed E-state index contributed by atoms with van der Waals surface area (Å²) in [5.74, 6) is 1.75. The topological polar surface area (TPSA) is 92.3 Å². The average molecular weight is 355 g/mol. The summed E-state index contributed by atoms with van der Waals surface area (Å²) < 4.78 is 0. The second-order valence-corrected chi connectivity index (χ2v) is 7.14. The van der Waals surface area contributed by atoms with Gasteiger partial charge in [0.25, 0.3) is 0 Å². The Morgan fingerprint density at radius 3 is 2.87 bits per heavy atom. The number of aliphatic hydroxyl groups is 1. The summed E-state index contributed by atoms with van der Waals surface area (Å²) in [6, 6.07) is 0. The number of carbonyl (C=O) groups is 1. The molecule has 0 bridgehead atoms. The molecule has 0 saturated heterocycles. The van der Waals surface area contributed by atoms with Crippen LogP contribution < -0.4 is 5.73 Å². The van der Waals surface area contributed by atoms with Gasteiger partial charge in [-0.25, -0.2) is 9.97 Å². The fourth-order valence-electron chi connectivity index (χ4n) is 1.75. The SMILES string of the molecule is C=CCSSC(CCO)=C(C)N(C=O)Cc1cnc(C)nc1N. The van der Waals surface area contributed by atoms with Crippen molar-refractivity contribution >= 4 is 33.8 Å². The van der Waals surface area contributed by atoms with Gasteiger partial charge in [-0.1, -0.05) is 27.7 Å². The van der Waals surface area contributed by atoms with Crippen LogP contribution in [0.2, 0.25) is 0 Å². The molecule has 0 aliphatic rings. The molecule has 0 aliphatic carbocycles. The summed E-state index contributed by atoms with van der Waals surface area (Å²) in [4.78, 5) is 22.2. The molecule has 0 aromatic carbocycles. The smallest absolute Gasteiger partial charge is 0.214 e. The van der Waals surface area contributed by atoms with Gasteiger partial charge in [0.05, 0.1) is 6.54 Å². The van der Waals surface area contributed by atoms with Crippen LogP contribution in [0.25, 0.3) is 0 Å². The third kappa shape index (κ3) is 6.25. The number of hydrogen-bond donors (Lipinski definition) is 2. The van der Waals surface area contributed by atoms with Crippen molar-refractivity contribution in [2.75, 3.05) is 18.1 Å². The second kappa shape index (κ2) is 10.3. The van der Waals surface area contributed by atoms with Crippen LogP contribution in [0.4, 0.5) is 5.82 Å². The van der Waals surface area contributed by atoms with Crippen molar-refractivity contribution in [3.05, 3.63) is 40.8 Å². The van der Waals surface area contributed by atoms with E-state index >= 15 is 0 Å². The van der Waals surface area contributed by atoms with Crippen molar-refractivity contribution in [1.29, 1.82) is 0 Å². The van der Waals surface area contributed by atoms with E-state index in [0.29, 0.717) is 30.2 Å². The van der Waals surface area contributed by atoms with E-state index in [-0.39, 0.29) is 6.61 Å². The van der Waals surface area contributed by atoms with Gasteiger partial charge in [0.15, 0.2) is 0 Å². The molecule has 0 radical (unpaired) electrons. The van der Waals surface area contributed by atoms with Gasteiger partial charge in [-0.15, -0.1) is 6.58 Å². The fourth-order valence-corrected chi connectivity index (χ4v) is 4.00. The molecule has 8 heteroatoms. The van der Waals surface area contributed by atoms with E-state index in [0.717, 1.165) is 22.8 Å². The van der Waals surface area contributed by atoms with Crippen LogP contribution in [0, 0.1) is 6.92 Å². The van der Waals surface area contributed by atoms with Crippen molar-refractivity contribution in [3.8, 4) is 0 Å². The maximum Gasteiger partial charge on any atom is 0.214 e. The Morgan fingerprint density at radius 1 is 1.57 bits per heavy atom. The lowest BCUT2D eigenvalue weighted by atomic mass is 10.2. The highest BCUT2D eigenvalue weighted by molar-refractivity contribution is 8.78. The Labute approximate surface area is 144 Å². The molecule has 1 rings (SSSR count). The first-order valence-electron chi connectivity index (χ1n) is 7.04. The lowest BCUT2D eigenvalue weighted by Crippen LogP contribution is -2.21. The predicted molar refractivity (Wildman–Crippen MR) is 97.4 cm³/mol. The molecule has 1 aromatic heterocycles. The van der Waals surface area contributed by atoms with E-state index in [1.54, 1.807) is 39.6 Å². The van der Waals surface area contributed by atoms with Crippen molar-refractivity contribution < 1.29 is 9.90 Å². The predicted octanol–water partition coefficient (Wildman–Crippen LogP) is 2.51. The molecule has 6 nitrogen and oxygen atoms in total. The summed E-state index contributed by atoms with van der Waals surface area (Å²) in [6.07, 6.45) is 4.69. The zero-order chi connectivity index (χ0) is 17.2. The quantitative estimate of drug-likeness (QED) is 0.289. The molecule has 3 N–H and O–H groups in total. The van der Waals surface area contributed by atoms with E-state index in [1.807, 2.05) is 13.0 Å². The molecule has 0 spiro atoms. The number of allylic oxidation sites excluding steroid dienone is 1. The number of amides is 1. The first-order valence-corrected chi connectivity index (χ1v) is 9.36. The number of aliphatic hydroxyl groups excluding tert-OH is 1. The van der Waals surface area contributed by atoms with Crippen LogP contribution in [0.5, 0.6) is 0 Å². The minimum Gasteiger partial charge on any atom is -0.396 e. The molecule has 0 aliphatic heterocycles. The van der Waals surface area contributed by atoms with E-state index < -0.39 is 0 Å². The van der Waals surface area contributed by atoms with Crippen LogP contribution in [-0.4, -0.2) is 38.7 Å². The fraction of sp³-hybridized carbons (Fsp3) is 0.400.